The van der Waals surface area contributed by atoms with Crippen LogP contribution in [0.4, 0.5) is 4.39 Å². The number of aliphatic hydroxyl groups excluding tert-OH is 1. The number of amides is 1. The predicted molar refractivity (Wildman–Crippen MR) is 99.3 cm³/mol. The van der Waals surface area contributed by atoms with Crippen molar-refractivity contribution >= 4 is 11.9 Å². The molecule has 0 radical (unpaired) electrons. The molecule has 7 nitrogen and oxygen atoms in total. The van der Waals surface area contributed by atoms with Crippen molar-refractivity contribution < 1.29 is 24.2 Å². The molecule has 1 fully saturated rings. The first-order valence-corrected chi connectivity index (χ1v) is 9.26. The number of carbonyl (C=O) groups excluding carboxylic acids is 1. The van der Waals surface area contributed by atoms with Crippen LogP contribution in [0.5, 0.6) is 0 Å². The number of aliphatic hydroxyl groups is 1. The Kier molecular flexibility index (Phi) is 5.51. The molecule has 0 aliphatic carbocycles. The molecule has 1 aliphatic heterocycles. The molecular weight excluding hydrogens is 365 g/mol. The third kappa shape index (κ3) is 3.52. The van der Waals surface area contributed by atoms with Gasteiger partial charge in [0.1, 0.15) is 11.2 Å². The van der Waals surface area contributed by atoms with Crippen LogP contribution in [0, 0.1) is 18.2 Å². The molecule has 2 atom stereocenters. The second-order valence-electron chi connectivity index (χ2n) is 7.26. The van der Waals surface area contributed by atoms with Gasteiger partial charge in [-0.05, 0) is 44.4 Å². The van der Waals surface area contributed by atoms with Crippen LogP contribution >= 0.6 is 0 Å². The number of hydrogen-bond acceptors (Lipinski definition) is 4. The number of benzene rings is 1. The van der Waals surface area contributed by atoms with Gasteiger partial charge in [-0.15, -0.1) is 0 Å². The average molecular weight is 389 g/mol. The van der Waals surface area contributed by atoms with Crippen LogP contribution in [-0.4, -0.2) is 56.0 Å². The Balaban J connectivity index is 1.91. The second-order valence-corrected chi connectivity index (χ2v) is 7.26. The van der Waals surface area contributed by atoms with Crippen LogP contribution in [0.25, 0.3) is 0 Å². The smallest absolute Gasteiger partial charge is 0.314 e. The van der Waals surface area contributed by atoms with Crippen molar-refractivity contribution in [3.8, 4) is 0 Å². The lowest BCUT2D eigenvalue weighted by molar-refractivity contribution is -0.161. The molecule has 1 aromatic carbocycles. The van der Waals surface area contributed by atoms with Gasteiger partial charge in [0.05, 0.1) is 17.9 Å². The Morgan fingerprint density at radius 3 is 2.75 bits per heavy atom. The van der Waals surface area contributed by atoms with E-state index in [2.05, 4.69) is 5.10 Å². The minimum Gasteiger partial charge on any atom is -0.481 e. The minimum absolute atomic E-state index is 0.0712. The van der Waals surface area contributed by atoms with Gasteiger partial charge in [0.15, 0.2) is 0 Å². The van der Waals surface area contributed by atoms with Crippen LogP contribution in [-0.2, 0) is 17.8 Å². The van der Waals surface area contributed by atoms with E-state index in [9.17, 15) is 24.2 Å². The van der Waals surface area contributed by atoms with Gasteiger partial charge in [-0.2, -0.15) is 5.10 Å². The van der Waals surface area contributed by atoms with Crippen molar-refractivity contribution in [2.24, 2.45) is 5.41 Å². The molecule has 28 heavy (non-hydrogen) atoms. The van der Waals surface area contributed by atoms with Crippen molar-refractivity contribution in [3.05, 3.63) is 53.1 Å². The molecule has 0 saturated carbocycles. The summed E-state index contributed by atoms with van der Waals surface area (Å²) in [6.45, 7) is 4.42. The number of piperidine rings is 1. The normalized spacial score (nSPS) is 22.3. The number of rotatable bonds is 5. The number of halogens is 1. The number of aliphatic carboxylic acids is 1. The van der Waals surface area contributed by atoms with Crippen molar-refractivity contribution in [2.45, 2.75) is 39.3 Å². The van der Waals surface area contributed by atoms with E-state index >= 15 is 0 Å². The zero-order chi connectivity index (χ0) is 20.5. The van der Waals surface area contributed by atoms with Crippen molar-refractivity contribution in [2.75, 3.05) is 13.1 Å². The standard InChI is InChI=1S/C20H24FN3O4/c1-3-24-13(2)16(11-22-24)18(26)23-8-7-17(25)20(12-23,19(27)28)10-14-5-4-6-15(21)9-14/h4-6,9,11,17,25H,3,7-8,10,12H2,1-2H3,(H,27,28)/t17-,20+/m0/s1. The molecule has 3 rings (SSSR count). The summed E-state index contributed by atoms with van der Waals surface area (Å²) in [6.07, 6.45) is 0.408. The zero-order valence-electron chi connectivity index (χ0n) is 15.9. The Labute approximate surface area is 162 Å². The average Bonchev–Trinajstić information content (AvgIpc) is 3.03. The summed E-state index contributed by atoms with van der Waals surface area (Å²) >= 11 is 0. The maximum atomic E-state index is 13.6. The van der Waals surface area contributed by atoms with E-state index in [1.165, 1.54) is 29.3 Å². The lowest BCUT2D eigenvalue weighted by Crippen LogP contribution is -2.58. The highest BCUT2D eigenvalue weighted by molar-refractivity contribution is 5.95. The van der Waals surface area contributed by atoms with E-state index in [4.69, 9.17) is 0 Å². The number of hydrogen-bond donors (Lipinski definition) is 2. The van der Waals surface area contributed by atoms with Crippen LogP contribution < -0.4 is 0 Å². The molecule has 0 bridgehead atoms. The maximum Gasteiger partial charge on any atom is 0.314 e. The van der Waals surface area contributed by atoms with Crippen LogP contribution in [0.15, 0.2) is 30.5 Å². The molecule has 1 aliphatic rings. The quantitative estimate of drug-likeness (QED) is 0.814. The number of aromatic nitrogens is 2. The molecule has 8 heteroatoms. The molecule has 1 saturated heterocycles. The Morgan fingerprint density at radius 1 is 1.39 bits per heavy atom. The fourth-order valence-electron chi connectivity index (χ4n) is 3.87. The highest BCUT2D eigenvalue weighted by Gasteiger charge is 2.50. The minimum atomic E-state index is -1.60. The van der Waals surface area contributed by atoms with Gasteiger partial charge in [0.2, 0.25) is 0 Å². The lowest BCUT2D eigenvalue weighted by atomic mass is 9.72. The van der Waals surface area contributed by atoms with E-state index in [0.29, 0.717) is 23.4 Å². The highest BCUT2D eigenvalue weighted by Crippen LogP contribution is 2.35. The molecule has 0 unspecified atom stereocenters. The molecule has 150 valence electrons. The van der Waals surface area contributed by atoms with Gasteiger partial charge in [-0.25, -0.2) is 4.39 Å². The van der Waals surface area contributed by atoms with Gasteiger partial charge in [0, 0.05) is 25.3 Å². The van der Waals surface area contributed by atoms with E-state index in [-0.39, 0.29) is 31.8 Å². The maximum absolute atomic E-state index is 13.6. The SMILES string of the molecule is CCn1ncc(C(=O)N2CC[C@H](O)[C@](Cc3cccc(F)c3)(C(=O)O)C2)c1C. The third-order valence-electron chi connectivity index (χ3n) is 5.54. The van der Waals surface area contributed by atoms with Crippen LogP contribution in [0.1, 0.15) is 35.0 Å². The molecule has 1 aromatic heterocycles. The summed E-state index contributed by atoms with van der Waals surface area (Å²) < 4.78 is 15.3. The summed E-state index contributed by atoms with van der Waals surface area (Å²) in [5.41, 5.74) is -0.00482. The van der Waals surface area contributed by atoms with Crippen molar-refractivity contribution in [1.82, 2.24) is 14.7 Å². The molecule has 2 N–H and O–H groups in total. The molecule has 2 heterocycles. The third-order valence-corrected chi connectivity index (χ3v) is 5.54. The first kappa shape index (κ1) is 20.0. The summed E-state index contributed by atoms with van der Waals surface area (Å²) in [4.78, 5) is 26.6. The first-order chi connectivity index (χ1) is 13.3. The Hall–Kier alpha value is -2.74. The lowest BCUT2D eigenvalue weighted by Gasteiger charge is -2.43. The van der Waals surface area contributed by atoms with Crippen molar-refractivity contribution in [3.63, 3.8) is 0 Å². The van der Waals surface area contributed by atoms with Gasteiger partial charge in [-0.1, -0.05) is 12.1 Å². The number of carboxylic acids is 1. The van der Waals surface area contributed by atoms with E-state index in [0.717, 1.165) is 0 Å². The van der Waals surface area contributed by atoms with E-state index in [1.807, 2.05) is 6.92 Å². The number of carbonyl (C=O) groups is 2. The largest absolute Gasteiger partial charge is 0.481 e. The summed E-state index contributed by atoms with van der Waals surface area (Å²) in [5.74, 6) is -1.99. The fourth-order valence-corrected chi connectivity index (χ4v) is 3.87. The number of likely N-dealkylation sites (tertiary alicyclic amines) is 1. The van der Waals surface area contributed by atoms with Crippen LogP contribution in [0.3, 0.4) is 0 Å². The van der Waals surface area contributed by atoms with Crippen LogP contribution in [0.2, 0.25) is 0 Å². The van der Waals surface area contributed by atoms with Gasteiger partial charge in [0.25, 0.3) is 5.91 Å². The predicted octanol–water partition coefficient (Wildman–Crippen LogP) is 1.87. The monoisotopic (exact) mass is 389 g/mol. The first-order valence-electron chi connectivity index (χ1n) is 9.26. The highest BCUT2D eigenvalue weighted by atomic mass is 19.1. The Bertz CT molecular complexity index is 897. The van der Waals surface area contributed by atoms with Gasteiger partial charge >= 0.3 is 5.97 Å². The molecule has 0 spiro atoms. The number of nitrogens with zero attached hydrogens (tertiary/aromatic N) is 3. The topological polar surface area (TPSA) is 95.7 Å². The van der Waals surface area contributed by atoms with E-state index < -0.39 is 23.3 Å². The van der Waals surface area contributed by atoms with E-state index in [1.54, 1.807) is 17.7 Å². The molecule has 1 amide bonds. The fraction of sp³-hybridized carbons (Fsp3) is 0.450. The zero-order valence-corrected chi connectivity index (χ0v) is 15.9. The van der Waals surface area contributed by atoms with Gasteiger partial charge < -0.3 is 15.1 Å². The summed E-state index contributed by atoms with van der Waals surface area (Å²) in [7, 11) is 0. The van der Waals surface area contributed by atoms with Gasteiger partial charge in [-0.3, -0.25) is 14.3 Å². The second kappa shape index (κ2) is 7.71. The number of aryl methyl sites for hydroxylation is 1. The molecular formula is C20H24FN3O4. The number of carboxylic acid groups (broad SMARTS) is 1. The van der Waals surface area contributed by atoms with Crippen molar-refractivity contribution in [1.29, 1.82) is 0 Å². The Morgan fingerprint density at radius 2 is 2.14 bits per heavy atom. The summed E-state index contributed by atoms with van der Waals surface area (Å²) in [6, 6.07) is 5.66. The molecule has 2 aromatic rings. The summed E-state index contributed by atoms with van der Waals surface area (Å²) in [5, 5.41) is 24.7.